The third-order valence-electron chi connectivity index (χ3n) is 4.19. The van der Waals surface area contributed by atoms with Crippen LogP contribution in [-0.2, 0) is 9.59 Å². The van der Waals surface area contributed by atoms with Crippen molar-refractivity contribution in [3.05, 3.63) is 0 Å². The highest BCUT2D eigenvalue weighted by atomic mass is 16.4. The Kier molecular flexibility index (Phi) is 4.02. The van der Waals surface area contributed by atoms with Gasteiger partial charge in [0.05, 0.1) is 5.92 Å². The van der Waals surface area contributed by atoms with Gasteiger partial charge >= 0.3 is 5.97 Å². The standard InChI is InChI=1S/C13H21NO3/c15-12(14-8-9-3-1-2-4-9)10-5-6-11(7-10)13(16)17/h9-11H,1-8H2,(H,14,15)(H,16,17). The minimum atomic E-state index is -0.754. The Balaban J connectivity index is 1.71. The van der Waals surface area contributed by atoms with E-state index in [1.165, 1.54) is 25.7 Å². The molecule has 2 unspecified atom stereocenters. The van der Waals surface area contributed by atoms with Crippen molar-refractivity contribution in [2.45, 2.75) is 44.9 Å². The zero-order valence-corrected chi connectivity index (χ0v) is 10.2. The van der Waals surface area contributed by atoms with Crippen LogP contribution in [0.5, 0.6) is 0 Å². The maximum absolute atomic E-state index is 11.9. The number of carbonyl (C=O) groups excluding carboxylic acids is 1. The molecule has 2 atom stereocenters. The topological polar surface area (TPSA) is 66.4 Å². The number of aliphatic carboxylic acids is 1. The van der Waals surface area contributed by atoms with Crippen molar-refractivity contribution < 1.29 is 14.7 Å². The Bertz CT molecular complexity index is 297. The lowest BCUT2D eigenvalue weighted by Gasteiger charge is -2.14. The van der Waals surface area contributed by atoms with Gasteiger partial charge < -0.3 is 10.4 Å². The molecule has 17 heavy (non-hydrogen) atoms. The van der Waals surface area contributed by atoms with Gasteiger partial charge in [-0.3, -0.25) is 9.59 Å². The molecule has 0 aromatic rings. The van der Waals surface area contributed by atoms with Gasteiger partial charge in [-0.05, 0) is 38.0 Å². The summed E-state index contributed by atoms with van der Waals surface area (Å²) in [5.74, 6) is -0.415. The molecule has 2 aliphatic rings. The normalized spacial score (nSPS) is 29.4. The van der Waals surface area contributed by atoms with Gasteiger partial charge in [-0.2, -0.15) is 0 Å². The predicted octanol–water partition coefficient (Wildman–Crippen LogP) is 1.79. The lowest BCUT2D eigenvalue weighted by Crippen LogP contribution is -2.33. The van der Waals surface area contributed by atoms with E-state index in [-0.39, 0.29) is 17.7 Å². The molecule has 2 fully saturated rings. The molecule has 0 spiro atoms. The maximum Gasteiger partial charge on any atom is 0.306 e. The maximum atomic E-state index is 11.9. The first-order valence-electron chi connectivity index (χ1n) is 6.67. The fourth-order valence-electron chi connectivity index (χ4n) is 3.05. The first-order chi connectivity index (χ1) is 8.16. The molecule has 0 aromatic heterocycles. The van der Waals surface area contributed by atoms with Gasteiger partial charge in [-0.25, -0.2) is 0 Å². The molecule has 0 bridgehead atoms. The molecule has 2 saturated carbocycles. The number of carbonyl (C=O) groups is 2. The number of nitrogens with one attached hydrogen (secondary N) is 1. The Morgan fingerprint density at radius 1 is 1.06 bits per heavy atom. The summed E-state index contributed by atoms with van der Waals surface area (Å²) in [6, 6.07) is 0. The SMILES string of the molecule is O=C(O)C1CCC(C(=O)NCC2CCCC2)C1. The van der Waals surface area contributed by atoms with Gasteiger partial charge in [0.15, 0.2) is 0 Å². The van der Waals surface area contributed by atoms with E-state index >= 15 is 0 Å². The van der Waals surface area contributed by atoms with Crippen molar-refractivity contribution in [3.63, 3.8) is 0 Å². The lowest BCUT2D eigenvalue weighted by molar-refractivity contribution is -0.141. The van der Waals surface area contributed by atoms with Gasteiger partial charge in [-0.15, -0.1) is 0 Å². The molecule has 0 aliphatic heterocycles. The van der Waals surface area contributed by atoms with Gasteiger partial charge in [0.25, 0.3) is 0 Å². The van der Waals surface area contributed by atoms with Crippen LogP contribution in [0.4, 0.5) is 0 Å². The summed E-state index contributed by atoms with van der Waals surface area (Å²) in [6.45, 7) is 0.785. The second-order valence-corrected chi connectivity index (χ2v) is 5.44. The summed E-state index contributed by atoms with van der Waals surface area (Å²) < 4.78 is 0. The van der Waals surface area contributed by atoms with E-state index in [0.717, 1.165) is 13.0 Å². The molecule has 2 aliphatic carbocycles. The Hall–Kier alpha value is -1.06. The molecule has 0 heterocycles. The average Bonchev–Trinajstić information content (AvgIpc) is 2.96. The molecule has 2 N–H and O–H groups in total. The van der Waals surface area contributed by atoms with Gasteiger partial charge in [-0.1, -0.05) is 12.8 Å². The van der Waals surface area contributed by atoms with Crippen molar-refractivity contribution in [2.75, 3.05) is 6.54 Å². The number of hydrogen-bond acceptors (Lipinski definition) is 2. The number of amides is 1. The van der Waals surface area contributed by atoms with Crippen LogP contribution < -0.4 is 5.32 Å². The third-order valence-corrected chi connectivity index (χ3v) is 4.19. The van der Waals surface area contributed by atoms with Crippen LogP contribution in [0, 0.1) is 17.8 Å². The minimum absolute atomic E-state index is 0.0700. The minimum Gasteiger partial charge on any atom is -0.481 e. The van der Waals surface area contributed by atoms with Crippen LogP contribution in [0.25, 0.3) is 0 Å². The fourth-order valence-corrected chi connectivity index (χ4v) is 3.05. The van der Waals surface area contributed by atoms with Crippen molar-refractivity contribution in [1.29, 1.82) is 0 Å². The molecule has 0 aromatic carbocycles. The van der Waals surface area contributed by atoms with Crippen LogP contribution in [0.15, 0.2) is 0 Å². The Labute approximate surface area is 102 Å². The molecule has 4 heteroatoms. The van der Waals surface area contributed by atoms with E-state index in [1.807, 2.05) is 0 Å². The van der Waals surface area contributed by atoms with Gasteiger partial charge in [0, 0.05) is 12.5 Å². The second-order valence-electron chi connectivity index (χ2n) is 5.44. The Morgan fingerprint density at radius 3 is 2.29 bits per heavy atom. The van der Waals surface area contributed by atoms with Crippen LogP contribution in [0.2, 0.25) is 0 Å². The summed E-state index contributed by atoms with van der Waals surface area (Å²) in [5.41, 5.74) is 0. The van der Waals surface area contributed by atoms with Crippen molar-refractivity contribution in [3.8, 4) is 0 Å². The fraction of sp³-hybridized carbons (Fsp3) is 0.846. The van der Waals surface area contributed by atoms with E-state index in [1.54, 1.807) is 0 Å². The first-order valence-corrected chi connectivity index (χ1v) is 6.67. The van der Waals surface area contributed by atoms with Crippen LogP contribution in [0.3, 0.4) is 0 Å². The largest absolute Gasteiger partial charge is 0.481 e. The number of rotatable bonds is 4. The zero-order chi connectivity index (χ0) is 12.3. The summed E-state index contributed by atoms with van der Waals surface area (Å²) >= 11 is 0. The van der Waals surface area contributed by atoms with E-state index in [9.17, 15) is 9.59 Å². The highest BCUT2D eigenvalue weighted by Crippen LogP contribution is 2.31. The van der Waals surface area contributed by atoms with Crippen molar-refractivity contribution in [2.24, 2.45) is 17.8 Å². The summed E-state index contributed by atoms with van der Waals surface area (Å²) in [5, 5.41) is 11.9. The van der Waals surface area contributed by atoms with Crippen LogP contribution in [0.1, 0.15) is 44.9 Å². The number of carboxylic acids is 1. The van der Waals surface area contributed by atoms with Gasteiger partial charge in [0.1, 0.15) is 0 Å². The molecular weight excluding hydrogens is 218 g/mol. The predicted molar refractivity (Wildman–Crippen MR) is 63.4 cm³/mol. The van der Waals surface area contributed by atoms with Crippen molar-refractivity contribution in [1.82, 2.24) is 5.32 Å². The molecule has 4 nitrogen and oxygen atoms in total. The molecule has 2 rings (SSSR count). The first kappa shape index (κ1) is 12.4. The molecule has 0 saturated heterocycles. The zero-order valence-electron chi connectivity index (χ0n) is 10.2. The number of hydrogen-bond donors (Lipinski definition) is 2. The summed E-state index contributed by atoms with van der Waals surface area (Å²) in [6.07, 6.45) is 6.91. The van der Waals surface area contributed by atoms with E-state index in [2.05, 4.69) is 5.32 Å². The average molecular weight is 239 g/mol. The van der Waals surface area contributed by atoms with Crippen LogP contribution >= 0.6 is 0 Å². The third kappa shape index (κ3) is 3.20. The number of carboxylic acid groups (broad SMARTS) is 1. The summed E-state index contributed by atoms with van der Waals surface area (Å²) in [7, 11) is 0. The smallest absolute Gasteiger partial charge is 0.306 e. The van der Waals surface area contributed by atoms with Gasteiger partial charge in [0.2, 0.25) is 5.91 Å². The molecule has 96 valence electrons. The summed E-state index contributed by atoms with van der Waals surface area (Å²) in [4.78, 5) is 22.7. The van der Waals surface area contributed by atoms with E-state index in [4.69, 9.17) is 5.11 Å². The quantitative estimate of drug-likeness (QED) is 0.786. The lowest BCUT2D eigenvalue weighted by atomic mass is 10.0. The monoisotopic (exact) mass is 239 g/mol. The molecule has 1 amide bonds. The highest BCUT2D eigenvalue weighted by Gasteiger charge is 2.33. The van der Waals surface area contributed by atoms with Crippen molar-refractivity contribution >= 4 is 11.9 Å². The van der Waals surface area contributed by atoms with Crippen LogP contribution in [-0.4, -0.2) is 23.5 Å². The highest BCUT2D eigenvalue weighted by molar-refractivity contribution is 5.80. The molecule has 0 radical (unpaired) electrons. The Morgan fingerprint density at radius 2 is 1.71 bits per heavy atom. The van der Waals surface area contributed by atoms with E-state index < -0.39 is 5.97 Å². The van der Waals surface area contributed by atoms with E-state index in [0.29, 0.717) is 18.8 Å². The molecular formula is C13H21NO3. The second kappa shape index (κ2) is 5.52.